The van der Waals surface area contributed by atoms with E-state index in [0.29, 0.717) is 6.54 Å². The quantitative estimate of drug-likeness (QED) is 0.473. The van der Waals surface area contributed by atoms with Gasteiger partial charge in [0.15, 0.2) is 0 Å². The molecule has 33 heavy (non-hydrogen) atoms. The van der Waals surface area contributed by atoms with Crippen molar-refractivity contribution in [3.8, 4) is 0 Å². The van der Waals surface area contributed by atoms with Gasteiger partial charge in [-0.25, -0.2) is 4.98 Å². The summed E-state index contributed by atoms with van der Waals surface area (Å²) in [7, 11) is 0. The molecule has 1 aliphatic heterocycles. The molecule has 0 saturated carbocycles. The highest BCUT2D eigenvalue weighted by atomic mass is 16.2. The van der Waals surface area contributed by atoms with Crippen LogP contribution < -0.4 is 5.32 Å². The standard InChI is InChI=1S/C27H29N5O/c33-26(31-17-15-30(16-18-31)20-23-11-5-2-6-12-23)21-32-25-14-8-7-13-24(25)29-27(32)28-19-22-9-3-1-4-10-22/h1-14H,15-21H2,(H,28,29). The molecular formula is C27H29N5O. The van der Waals surface area contributed by atoms with Gasteiger partial charge in [-0.1, -0.05) is 72.8 Å². The summed E-state index contributed by atoms with van der Waals surface area (Å²) in [4.78, 5) is 22.4. The van der Waals surface area contributed by atoms with Crippen LogP contribution in [-0.2, 0) is 24.4 Å². The van der Waals surface area contributed by atoms with Gasteiger partial charge in [0.25, 0.3) is 0 Å². The van der Waals surface area contributed by atoms with Crippen molar-refractivity contribution >= 4 is 22.9 Å². The number of aromatic nitrogens is 2. The molecular weight excluding hydrogens is 410 g/mol. The number of para-hydroxylation sites is 2. The monoisotopic (exact) mass is 439 g/mol. The maximum Gasteiger partial charge on any atom is 0.242 e. The number of anilines is 1. The summed E-state index contributed by atoms with van der Waals surface area (Å²) in [5.74, 6) is 0.872. The Hall–Kier alpha value is -3.64. The molecule has 1 saturated heterocycles. The van der Waals surface area contributed by atoms with E-state index in [-0.39, 0.29) is 12.5 Å². The normalized spacial score (nSPS) is 14.5. The Bertz CT molecular complexity index is 1200. The lowest BCUT2D eigenvalue weighted by molar-refractivity contribution is -0.133. The molecule has 0 unspecified atom stereocenters. The van der Waals surface area contributed by atoms with Gasteiger partial charge in [-0.3, -0.25) is 9.69 Å². The van der Waals surface area contributed by atoms with E-state index in [1.807, 2.05) is 58.0 Å². The first kappa shape index (κ1) is 21.2. The van der Waals surface area contributed by atoms with Gasteiger partial charge in [0.1, 0.15) is 6.54 Å². The second kappa shape index (κ2) is 9.88. The van der Waals surface area contributed by atoms with E-state index in [1.165, 1.54) is 11.1 Å². The van der Waals surface area contributed by atoms with Crippen LogP contribution in [-0.4, -0.2) is 51.4 Å². The van der Waals surface area contributed by atoms with E-state index in [9.17, 15) is 4.79 Å². The molecule has 1 amide bonds. The second-order valence-electron chi connectivity index (χ2n) is 8.49. The van der Waals surface area contributed by atoms with Crippen molar-refractivity contribution in [2.24, 2.45) is 0 Å². The number of fused-ring (bicyclic) bond motifs is 1. The maximum atomic E-state index is 13.2. The van der Waals surface area contributed by atoms with E-state index >= 15 is 0 Å². The number of piperazine rings is 1. The lowest BCUT2D eigenvalue weighted by atomic mass is 10.2. The lowest BCUT2D eigenvalue weighted by Crippen LogP contribution is -2.49. The fraction of sp³-hybridized carbons (Fsp3) is 0.259. The van der Waals surface area contributed by atoms with Crippen LogP contribution in [0.2, 0.25) is 0 Å². The highest BCUT2D eigenvalue weighted by Crippen LogP contribution is 2.21. The maximum absolute atomic E-state index is 13.2. The van der Waals surface area contributed by atoms with Crippen molar-refractivity contribution in [3.05, 3.63) is 96.1 Å². The molecule has 0 aliphatic carbocycles. The number of amides is 1. The average molecular weight is 440 g/mol. The van der Waals surface area contributed by atoms with E-state index < -0.39 is 0 Å². The van der Waals surface area contributed by atoms with Gasteiger partial charge in [0.05, 0.1) is 11.0 Å². The first-order chi connectivity index (χ1) is 16.3. The molecule has 0 radical (unpaired) electrons. The molecule has 168 valence electrons. The van der Waals surface area contributed by atoms with E-state index in [4.69, 9.17) is 4.98 Å². The van der Waals surface area contributed by atoms with E-state index in [1.54, 1.807) is 0 Å². The molecule has 0 atom stereocenters. The van der Waals surface area contributed by atoms with Crippen LogP contribution in [0.25, 0.3) is 11.0 Å². The third-order valence-corrected chi connectivity index (χ3v) is 6.22. The van der Waals surface area contributed by atoms with Gasteiger partial charge in [-0.15, -0.1) is 0 Å². The van der Waals surface area contributed by atoms with Gasteiger partial charge in [-0.05, 0) is 23.3 Å². The van der Waals surface area contributed by atoms with E-state index in [2.05, 4.69) is 46.6 Å². The predicted octanol–water partition coefficient (Wildman–Crippen LogP) is 3.99. The van der Waals surface area contributed by atoms with Crippen LogP contribution in [0.4, 0.5) is 5.95 Å². The molecule has 0 spiro atoms. The lowest BCUT2D eigenvalue weighted by Gasteiger charge is -2.35. The van der Waals surface area contributed by atoms with Crippen LogP contribution in [0.5, 0.6) is 0 Å². The topological polar surface area (TPSA) is 53.4 Å². The number of carbonyl (C=O) groups excluding carboxylic acids is 1. The largest absolute Gasteiger partial charge is 0.352 e. The first-order valence-corrected chi connectivity index (χ1v) is 11.5. The number of nitrogens with one attached hydrogen (secondary N) is 1. The van der Waals surface area contributed by atoms with Crippen LogP contribution >= 0.6 is 0 Å². The Morgan fingerprint density at radius 1 is 0.788 bits per heavy atom. The molecule has 1 aromatic heterocycles. The summed E-state index contributed by atoms with van der Waals surface area (Å²) >= 11 is 0. The predicted molar refractivity (Wildman–Crippen MR) is 132 cm³/mol. The minimum Gasteiger partial charge on any atom is -0.352 e. The Morgan fingerprint density at radius 3 is 2.15 bits per heavy atom. The van der Waals surface area contributed by atoms with Crippen LogP contribution in [0.1, 0.15) is 11.1 Å². The number of hydrogen-bond acceptors (Lipinski definition) is 4. The minimum absolute atomic E-state index is 0.139. The van der Waals surface area contributed by atoms with Crippen molar-refractivity contribution in [2.45, 2.75) is 19.6 Å². The summed E-state index contributed by atoms with van der Waals surface area (Å²) in [5.41, 5.74) is 4.37. The zero-order valence-electron chi connectivity index (χ0n) is 18.7. The Balaban J connectivity index is 1.25. The van der Waals surface area contributed by atoms with Crippen molar-refractivity contribution in [2.75, 3.05) is 31.5 Å². The first-order valence-electron chi connectivity index (χ1n) is 11.5. The molecule has 1 fully saturated rings. The minimum atomic E-state index is 0.139. The summed E-state index contributed by atoms with van der Waals surface area (Å²) in [6.07, 6.45) is 0. The molecule has 6 nitrogen and oxygen atoms in total. The fourth-order valence-corrected chi connectivity index (χ4v) is 4.38. The number of imidazole rings is 1. The molecule has 1 aliphatic rings. The summed E-state index contributed by atoms with van der Waals surface area (Å²) in [5, 5.41) is 3.43. The van der Waals surface area contributed by atoms with Crippen LogP contribution in [0.3, 0.4) is 0 Å². The zero-order valence-corrected chi connectivity index (χ0v) is 18.7. The molecule has 4 aromatic rings. The van der Waals surface area contributed by atoms with Crippen LogP contribution in [0.15, 0.2) is 84.9 Å². The molecule has 2 heterocycles. The molecule has 0 bridgehead atoms. The summed E-state index contributed by atoms with van der Waals surface area (Å²) < 4.78 is 2.01. The van der Waals surface area contributed by atoms with Crippen molar-refractivity contribution < 1.29 is 4.79 Å². The molecule has 6 heteroatoms. The Morgan fingerprint density at radius 2 is 1.42 bits per heavy atom. The van der Waals surface area contributed by atoms with Gasteiger partial charge in [0.2, 0.25) is 11.9 Å². The van der Waals surface area contributed by atoms with Gasteiger partial charge in [0, 0.05) is 39.3 Å². The third kappa shape index (κ3) is 5.07. The smallest absolute Gasteiger partial charge is 0.242 e. The fourth-order valence-electron chi connectivity index (χ4n) is 4.38. The molecule has 5 rings (SSSR count). The summed E-state index contributed by atoms with van der Waals surface area (Å²) in [6, 6.07) is 28.7. The molecule has 3 aromatic carbocycles. The SMILES string of the molecule is O=C(Cn1c(NCc2ccccc2)nc2ccccc21)N1CCN(Cc2ccccc2)CC1. The highest BCUT2D eigenvalue weighted by Gasteiger charge is 2.23. The Kier molecular flexibility index (Phi) is 6.35. The number of hydrogen-bond donors (Lipinski definition) is 1. The number of rotatable bonds is 7. The van der Waals surface area contributed by atoms with E-state index in [0.717, 1.165) is 49.7 Å². The van der Waals surface area contributed by atoms with Gasteiger partial charge >= 0.3 is 0 Å². The average Bonchev–Trinajstić information content (AvgIpc) is 3.21. The summed E-state index contributed by atoms with van der Waals surface area (Å²) in [6.45, 7) is 5.18. The Labute approximate surface area is 194 Å². The van der Waals surface area contributed by atoms with Gasteiger partial charge in [-0.2, -0.15) is 0 Å². The van der Waals surface area contributed by atoms with Crippen molar-refractivity contribution in [1.82, 2.24) is 19.4 Å². The van der Waals surface area contributed by atoms with Crippen LogP contribution in [0, 0.1) is 0 Å². The zero-order chi connectivity index (χ0) is 22.5. The second-order valence-corrected chi connectivity index (χ2v) is 8.49. The van der Waals surface area contributed by atoms with Crippen molar-refractivity contribution in [1.29, 1.82) is 0 Å². The third-order valence-electron chi connectivity index (χ3n) is 6.22. The molecule has 1 N–H and O–H groups in total. The number of benzene rings is 3. The number of nitrogens with zero attached hydrogens (tertiary/aromatic N) is 4. The highest BCUT2D eigenvalue weighted by molar-refractivity contribution is 5.83. The van der Waals surface area contributed by atoms with Gasteiger partial charge < -0.3 is 14.8 Å². The van der Waals surface area contributed by atoms with Crippen molar-refractivity contribution in [3.63, 3.8) is 0 Å². The number of carbonyl (C=O) groups is 1.